The molecule has 1 fully saturated rings. The summed E-state index contributed by atoms with van der Waals surface area (Å²) in [5.41, 5.74) is 22.1. The van der Waals surface area contributed by atoms with Gasteiger partial charge >= 0.3 is 0 Å². The van der Waals surface area contributed by atoms with E-state index >= 15 is 0 Å². The van der Waals surface area contributed by atoms with Crippen molar-refractivity contribution in [3.63, 3.8) is 0 Å². The van der Waals surface area contributed by atoms with E-state index in [0.717, 1.165) is 30.1 Å². The van der Waals surface area contributed by atoms with Crippen molar-refractivity contribution in [2.24, 2.45) is 5.92 Å². The van der Waals surface area contributed by atoms with Crippen molar-refractivity contribution >= 4 is 11.4 Å². The van der Waals surface area contributed by atoms with Gasteiger partial charge in [0.2, 0.25) is 0 Å². The summed E-state index contributed by atoms with van der Waals surface area (Å²) in [6.45, 7) is 6.89. The Morgan fingerprint density at radius 1 is 0.561 bits per heavy atom. The average Bonchev–Trinajstić information content (AvgIpc) is 3.01. The smallest absolute Gasteiger partial charge is 0.0314 e. The first-order chi connectivity index (χ1) is 20.0. The lowest BCUT2D eigenvalue weighted by atomic mass is 9.62. The molecule has 0 spiro atoms. The third-order valence-electron chi connectivity index (χ3n) is 9.88. The number of nitrogens with two attached hydrogens (primary N) is 2. The second-order valence-corrected chi connectivity index (χ2v) is 12.3. The number of rotatable bonds is 10. The average molecular weight is 545 g/mol. The van der Waals surface area contributed by atoms with E-state index in [2.05, 4.69) is 93.6 Å². The highest BCUT2D eigenvalue weighted by atomic mass is 14.5. The summed E-state index contributed by atoms with van der Waals surface area (Å²) in [5, 5.41) is 0. The van der Waals surface area contributed by atoms with Crippen LogP contribution in [0.15, 0.2) is 97.1 Å². The fourth-order valence-electron chi connectivity index (χ4n) is 7.46. The zero-order valence-corrected chi connectivity index (χ0v) is 25.3. The van der Waals surface area contributed by atoms with Gasteiger partial charge in [0.05, 0.1) is 0 Å². The summed E-state index contributed by atoms with van der Waals surface area (Å²) in [4.78, 5) is 0. The van der Waals surface area contributed by atoms with Crippen LogP contribution in [0.2, 0.25) is 0 Å². The molecule has 0 aromatic heterocycles. The Balaban J connectivity index is 1.46. The molecule has 2 atom stereocenters. The molecule has 1 aliphatic carbocycles. The summed E-state index contributed by atoms with van der Waals surface area (Å²) >= 11 is 0. The Labute approximate surface area is 248 Å². The van der Waals surface area contributed by atoms with Gasteiger partial charge in [-0.15, -0.1) is 0 Å². The van der Waals surface area contributed by atoms with Crippen molar-refractivity contribution in [1.29, 1.82) is 0 Å². The quantitative estimate of drug-likeness (QED) is 0.195. The monoisotopic (exact) mass is 544 g/mol. The Hall–Kier alpha value is -3.52. The second kappa shape index (κ2) is 13.0. The standard InChI is InChI=1S/C39H48N2/c1-4-7-28-24-26-39(27-25-28,33-16-8-29(9-17-33)37(5-2)31-12-20-35(40)21-13-31)34-18-10-30(11-19-34)38(6-3)32-14-22-36(41)23-15-32/h8-23,28,37-38H,4-7,24-27,40-41H2,1-3H3. The molecule has 2 heteroatoms. The molecule has 1 aliphatic rings. The van der Waals surface area contributed by atoms with Gasteiger partial charge in [0.1, 0.15) is 0 Å². The maximum Gasteiger partial charge on any atom is 0.0314 e. The minimum Gasteiger partial charge on any atom is -0.399 e. The number of nitrogen functional groups attached to an aromatic ring is 2. The molecular formula is C39H48N2. The summed E-state index contributed by atoms with van der Waals surface area (Å²) in [7, 11) is 0. The highest BCUT2D eigenvalue weighted by Gasteiger charge is 2.38. The van der Waals surface area contributed by atoms with Crippen LogP contribution < -0.4 is 11.5 Å². The van der Waals surface area contributed by atoms with E-state index in [1.807, 2.05) is 24.3 Å². The molecule has 5 rings (SSSR count). The molecule has 214 valence electrons. The van der Waals surface area contributed by atoms with Crippen LogP contribution in [0.3, 0.4) is 0 Å². The largest absolute Gasteiger partial charge is 0.399 e. The number of hydrogen-bond donors (Lipinski definition) is 2. The maximum atomic E-state index is 5.97. The second-order valence-electron chi connectivity index (χ2n) is 12.3. The molecule has 2 nitrogen and oxygen atoms in total. The molecule has 4 N–H and O–H groups in total. The molecule has 1 saturated carbocycles. The van der Waals surface area contributed by atoms with E-state index in [9.17, 15) is 0 Å². The highest BCUT2D eigenvalue weighted by Crippen LogP contribution is 2.48. The normalized spacial score (nSPS) is 20.4. The summed E-state index contributed by atoms with van der Waals surface area (Å²) < 4.78 is 0. The molecule has 4 aromatic rings. The minimum atomic E-state index is 0.0765. The number of hydrogen-bond acceptors (Lipinski definition) is 2. The maximum absolute atomic E-state index is 5.97. The first-order valence-electron chi connectivity index (χ1n) is 15.9. The Bertz CT molecular complexity index is 1260. The molecule has 41 heavy (non-hydrogen) atoms. The lowest BCUT2D eigenvalue weighted by Crippen LogP contribution is -2.33. The Morgan fingerprint density at radius 3 is 1.22 bits per heavy atom. The van der Waals surface area contributed by atoms with Crippen molar-refractivity contribution in [2.75, 3.05) is 11.5 Å². The zero-order valence-electron chi connectivity index (χ0n) is 25.3. The van der Waals surface area contributed by atoms with Gasteiger partial charge in [0, 0.05) is 28.6 Å². The molecule has 4 aromatic carbocycles. The van der Waals surface area contributed by atoms with Gasteiger partial charge in [-0.2, -0.15) is 0 Å². The van der Waals surface area contributed by atoms with Crippen molar-refractivity contribution in [3.05, 3.63) is 130 Å². The summed E-state index contributed by atoms with van der Waals surface area (Å²) in [6.07, 6.45) is 9.85. The lowest BCUT2D eigenvalue weighted by Gasteiger charge is -2.42. The minimum absolute atomic E-state index is 0.0765. The van der Waals surface area contributed by atoms with E-state index in [0.29, 0.717) is 11.8 Å². The van der Waals surface area contributed by atoms with Gasteiger partial charge in [-0.1, -0.05) is 106 Å². The molecule has 0 radical (unpaired) electrons. The van der Waals surface area contributed by atoms with E-state index in [1.54, 1.807) is 0 Å². The fourth-order valence-corrected chi connectivity index (χ4v) is 7.46. The third-order valence-corrected chi connectivity index (χ3v) is 9.88. The molecule has 0 aliphatic heterocycles. The number of benzene rings is 4. The van der Waals surface area contributed by atoms with Gasteiger partial charge in [-0.3, -0.25) is 0 Å². The first-order valence-corrected chi connectivity index (χ1v) is 15.9. The highest BCUT2D eigenvalue weighted by molar-refractivity contribution is 5.47. The van der Waals surface area contributed by atoms with Crippen LogP contribution in [0.5, 0.6) is 0 Å². The van der Waals surface area contributed by atoms with Gasteiger partial charge in [-0.05, 0) is 102 Å². The summed E-state index contributed by atoms with van der Waals surface area (Å²) in [6, 6.07) is 36.1. The Kier molecular flexibility index (Phi) is 9.18. The third kappa shape index (κ3) is 6.22. The van der Waals surface area contributed by atoms with Crippen LogP contribution in [0, 0.1) is 5.92 Å². The van der Waals surface area contributed by atoms with Crippen LogP contribution >= 0.6 is 0 Å². The lowest BCUT2D eigenvalue weighted by molar-refractivity contribution is 0.253. The van der Waals surface area contributed by atoms with Crippen molar-refractivity contribution < 1.29 is 0 Å². The van der Waals surface area contributed by atoms with Crippen molar-refractivity contribution in [1.82, 2.24) is 0 Å². The molecule has 0 amide bonds. The topological polar surface area (TPSA) is 52.0 Å². The van der Waals surface area contributed by atoms with Gasteiger partial charge < -0.3 is 11.5 Å². The molecular weight excluding hydrogens is 496 g/mol. The van der Waals surface area contributed by atoms with Crippen LogP contribution in [0.25, 0.3) is 0 Å². The fraction of sp³-hybridized carbons (Fsp3) is 0.385. The van der Waals surface area contributed by atoms with Crippen molar-refractivity contribution in [2.45, 2.75) is 89.4 Å². The first kappa shape index (κ1) is 29.0. The van der Waals surface area contributed by atoms with Crippen molar-refractivity contribution in [3.8, 4) is 0 Å². The van der Waals surface area contributed by atoms with E-state index in [-0.39, 0.29) is 5.41 Å². The molecule has 0 saturated heterocycles. The van der Waals surface area contributed by atoms with E-state index in [1.165, 1.54) is 71.9 Å². The predicted molar refractivity (Wildman–Crippen MR) is 177 cm³/mol. The SMILES string of the molecule is CCCC1CCC(c2ccc(C(CC)c3ccc(N)cc3)cc2)(c2ccc(C(CC)c3ccc(N)cc3)cc2)CC1. The predicted octanol–water partition coefficient (Wildman–Crippen LogP) is 10.2. The van der Waals surface area contributed by atoms with Crippen LogP contribution in [0.1, 0.15) is 117 Å². The number of anilines is 2. The molecule has 0 bridgehead atoms. The zero-order chi connectivity index (χ0) is 28.8. The van der Waals surface area contributed by atoms with Gasteiger partial charge in [0.15, 0.2) is 0 Å². The van der Waals surface area contributed by atoms with Crippen LogP contribution in [-0.2, 0) is 5.41 Å². The van der Waals surface area contributed by atoms with E-state index in [4.69, 9.17) is 11.5 Å². The van der Waals surface area contributed by atoms with E-state index < -0.39 is 0 Å². The van der Waals surface area contributed by atoms with Gasteiger partial charge in [-0.25, -0.2) is 0 Å². The molecule has 0 heterocycles. The summed E-state index contributed by atoms with van der Waals surface area (Å²) in [5.74, 6) is 1.63. The van der Waals surface area contributed by atoms with Crippen LogP contribution in [0.4, 0.5) is 11.4 Å². The Morgan fingerprint density at radius 2 is 0.902 bits per heavy atom. The molecule has 2 unspecified atom stereocenters. The van der Waals surface area contributed by atoms with Gasteiger partial charge in [0.25, 0.3) is 0 Å². The van der Waals surface area contributed by atoms with Crippen LogP contribution in [-0.4, -0.2) is 0 Å².